The molecule has 0 heterocycles. The Bertz CT molecular complexity index is 681. The van der Waals surface area contributed by atoms with E-state index in [1.54, 1.807) is 18.2 Å². The average molecular weight is 284 g/mol. The van der Waals surface area contributed by atoms with Crippen LogP contribution in [0.15, 0.2) is 42.0 Å². The second-order valence-electron chi connectivity index (χ2n) is 5.55. The highest BCUT2D eigenvalue weighted by Crippen LogP contribution is 2.33. The molecule has 0 saturated carbocycles. The molecule has 2 heteroatoms. The van der Waals surface area contributed by atoms with E-state index in [9.17, 15) is 8.78 Å². The van der Waals surface area contributed by atoms with Gasteiger partial charge in [0.05, 0.1) is 0 Å². The number of halogens is 2. The molecule has 0 N–H and O–H groups in total. The van der Waals surface area contributed by atoms with Crippen molar-refractivity contribution in [2.75, 3.05) is 0 Å². The van der Waals surface area contributed by atoms with Gasteiger partial charge in [0.1, 0.15) is 11.6 Å². The van der Waals surface area contributed by atoms with Crippen LogP contribution in [0.5, 0.6) is 0 Å². The van der Waals surface area contributed by atoms with Gasteiger partial charge in [0.25, 0.3) is 0 Å². The highest BCUT2D eigenvalue weighted by atomic mass is 19.1. The molecule has 0 aliphatic heterocycles. The Labute approximate surface area is 124 Å². The molecular formula is C19H18F2. The van der Waals surface area contributed by atoms with E-state index >= 15 is 0 Å². The number of fused-ring (bicyclic) bond motifs is 1. The maximum Gasteiger partial charge on any atom is 0.134 e. The summed E-state index contributed by atoms with van der Waals surface area (Å²) in [5.41, 5.74) is 4.46. The van der Waals surface area contributed by atoms with E-state index in [4.69, 9.17) is 0 Å². The quantitative estimate of drug-likeness (QED) is 0.672. The van der Waals surface area contributed by atoms with E-state index in [2.05, 4.69) is 13.0 Å². The van der Waals surface area contributed by atoms with Crippen LogP contribution in [-0.4, -0.2) is 0 Å². The monoisotopic (exact) mass is 284 g/mol. The van der Waals surface area contributed by atoms with Crippen LogP contribution in [0.4, 0.5) is 8.78 Å². The predicted octanol–water partition coefficient (Wildman–Crippen LogP) is 5.76. The molecule has 1 aliphatic carbocycles. The third-order valence-corrected chi connectivity index (χ3v) is 4.06. The molecule has 0 fully saturated rings. The molecule has 0 spiro atoms. The Hall–Kier alpha value is -1.96. The smallest absolute Gasteiger partial charge is 0.134 e. The van der Waals surface area contributed by atoms with Crippen molar-refractivity contribution in [3.8, 4) is 11.1 Å². The SMILES string of the molecule is CCCC1=Cc2ccc(-c3ccc(F)cc3)c(F)c2CC1. The van der Waals surface area contributed by atoms with Crippen molar-refractivity contribution >= 4 is 6.08 Å². The minimum absolute atomic E-state index is 0.161. The van der Waals surface area contributed by atoms with Crippen molar-refractivity contribution in [1.82, 2.24) is 0 Å². The lowest BCUT2D eigenvalue weighted by atomic mass is 9.87. The first-order valence-corrected chi connectivity index (χ1v) is 7.46. The fourth-order valence-corrected chi connectivity index (χ4v) is 2.97. The number of rotatable bonds is 3. The summed E-state index contributed by atoms with van der Waals surface area (Å²) in [6.07, 6.45) is 6.02. The summed E-state index contributed by atoms with van der Waals surface area (Å²) < 4.78 is 27.7. The zero-order chi connectivity index (χ0) is 14.8. The minimum atomic E-state index is -0.302. The van der Waals surface area contributed by atoms with Crippen LogP contribution in [0.3, 0.4) is 0 Å². The molecule has 3 rings (SSSR count). The van der Waals surface area contributed by atoms with E-state index in [-0.39, 0.29) is 11.6 Å². The number of hydrogen-bond donors (Lipinski definition) is 0. The molecule has 0 amide bonds. The standard InChI is InChI=1S/C19H18F2/c1-2-3-13-4-10-18-15(12-13)7-11-17(19(18)21)14-5-8-16(20)9-6-14/h5-9,11-12H,2-4,10H2,1H3. The van der Waals surface area contributed by atoms with Crippen molar-refractivity contribution in [2.45, 2.75) is 32.6 Å². The number of allylic oxidation sites excluding steroid dienone is 1. The van der Waals surface area contributed by atoms with E-state index in [1.165, 1.54) is 17.7 Å². The van der Waals surface area contributed by atoms with Gasteiger partial charge in [-0.05, 0) is 48.1 Å². The number of benzene rings is 2. The van der Waals surface area contributed by atoms with Gasteiger partial charge in [-0.25, -0.2) is 8.78 Å². The zero-order valence-corrected chi connectivity index (χ0v) is 12.1. The zero-order valence-electron chi connectivity index (χ0n) is 12.1. The Morgan fingerprint density at radius 1 is 0.952 bits per heavy atom. The summed E-state index contributed by atoms with van der Waals surface area (Å²) in [6, 6.07) is 9.77. The summed E-state index contributed by atoms with van der Waals surface area (Å²) in [4.78, 5) is 0. The lowest BCUT2D eigenvalue weighted by Crippen LogP contribution is -2.04. The van der Waals surface area contributed by atoms with Gasteiger partial charge in [0.15, 0.2) is 0 Å². The topological polar surface area (TPSA) is 0 Å². The fraction of sp³-hybridized carbons (Fsp3) is 0.263. The summed E-state index contributed by atoms with van der Waals surface area (Å²) >= 11 is 0. The Balaban J connectivity index is 2.02. The molecular weight excluding hydrogens is 266 g/mol. The molecule has 108 valence electrons. The van der Waals surface area contributed by atoms with E-state index in [0.717, 1.165) is 42.4 Å². The molecule has 1 aliphatic rings. The maximum atomic E-state index is 14.7. The number of hydrogen-bond acceptors (Lipinski definition) is 0. The second-order valence-corrected chi connectivity index (χ2v) is 5.55. The second kappa shape index (κ2) is 5.80. The normalized spacial score (nSPS) is 13.8. The van der Waals surface area contributed by atoms with E-state index < -0.39 is 0 Å². The molecule has 2 aromatic carbocycles. The first-order valence-electron chi connectivity index (χ1n) is 7.46. The van der Waals surface area contributed by atoms with Crippen LogP contribution in [0, 0.1) is 11.6 Å². The molecule has 2 aromatic rings. The van der Waals surface area contributed by atoms with Gasteiger partial charge in [-0.3, -0.25) is 0 Å². The van der Waals surface area contributed by atoms with Gasteiger partial charge in [-0.15, -0.1) is 0 Å². The molecule has 0 atom stereocenters. The van der Waals surface area contributed by atoms with Gasteiger partial charge < -0.3 is 0 Å². The Morgan fingerprint density at radius 3 is 2.43 bits per heavy atom. The third-order valence-electron chi connectivity index (χ3n) is 4.06. The van der Waals surface area contributed by atoms with Crippen molar-refractivity contribution < 1.29 is 8.78 Å². The summed E-state index contributed by atoms with van der Waals surface area (Å²) in [7, 11) is 0. The summed E-state index contributed by atoms with van der Waals surface area (Å²) in [5.74, 6) is -0.463. The Kier molecular flexibility index (Phi) is 3.87. The third kappa shape index (κ3) is 2.76. The lowest BCUT2D eigenvalue weighted by Gasteiger charge is -2.18. The highest BCUT2D eigenvalue weighted by molar-refractivity contribution is 5.70. The maximum absolute atomic E-state index is 14.7. The van der Waals surface area contributed by atoms with Gasteiger partial charge in [0, 0.05) is 5.56 Å². The van der Waals surface area contributed by atoms with Crippen molar-refractivity contribution in [1.29, 1.82) is 0 Å². The molecule has 0 bridgehead atoms. The molecule has 0 unspecified atom stereocenters. The van der Waals surface area contributed by atoms with Crippen molar-refractivity contribution in [2.24, 2.45) is 0 Å². The largest absolute Gasteiger partial charge is 0.207 e. The molecule has 0 radical (unpaired) electrons. The van der Waals surface area contributed by atoms with E-state index in [0.29, 0.717) is 5.56 Å². The molecule has 0 saturated heterocycles. The van der Waals surface area contributed by atoms with Crippen LogP contribution in [0.25, 0.3) is 17.2 Å². The van der Waals surface area contributed by atoms with Gasteiger partial charge in [0.2, 0.25) is 0 Å². The van der Waals surface area contributed by atoms with Gasteiger partial charge >= 0.3 is 0 Å². The van der Waals surface area contributed by atoms with Crippen LogP contribution in [0.1, 0.15) is 37.3 Å². The minimum Gasteiger partial charge on any atom is -0.207 e. The molecule has 0 nitrogen and oxygen atoms in total. The predicted molar refractivity (Wildman–Crippen MR) is 83.0 cm³/mol. The lowest BCUT2D eigenvalue weighted by molar-refractivity contribution is 0.608. The van der Waals surface area contributed by atoms with Gasteiger partial charge in [-0.1, -0.05) is 49.3 Å². The fourth-order valence-electron chi connectivity index (χ4n) is 2.97. The summed E-state index contributed by atoms with van der Waals surface area (Å²) in [6.45, 7) is 2.16. The van der Waals surface area contributed by atoms with Crippen LogP contribution in [-0.2, 0) is 6.42 Å². The van der Waals surface area contributed by atoms with Crippen molar-refractivity contribution in [3.63, 3.8) is 0 Å². The van der Waals surface area contributed by atoms with Crippen molar-refractivity contribution in [3.05, 3.63) is 64.7 Å². The molecule has 0 aromatic heterocycles. The summed E-state index contributed by atoms with van der Waals surface area (Å²) in [5, 5.41) is 0. The van der Waals surface area contributed by atoms with Crippen LogP contribution >= 0.6 is 0 Å². The first-order chi connectivity index (χ1) is 10.2. The van der Waals surface area contributed by atoms with Crippen LogP contribution < -0.4 is 0 Å². The van der Waals surface area contributed by atoms with Crippen LogP contribution in [0.2, 0.25) is 0 Å². The molecule has 21 heavy (non-hydrogen) atoms. The first kappa shape index (κ1) is 14.0. The Morgan fingerprint density at radius 2 is 1.71 bits per heavy atom. The highest BCUT2D eigenvalue weighted by Gasteiger charge is 2.17. The average Bonchev–Trinajstić information content (AvgIpc) is 2.49. The van der Waals surface area contributed by atoms with E-state index in [1.807, 2.05) is 6.07 Å². The van der Waals surface area contributed by atoms with Gasteiger partial charge in [-0.2, -0.15) is 0 Å².